The summed E-state index contributed by atoms with van der Waals surface area (Å²) in [7, 11) is -3.54. The zero-order valence-electron chi connectivity index (χ0n) is 7.06. The second-order valence-electron chi connectivity index (χ2n) is 2.81. The minimum absolute atomic E-state index is 0.0451. The number of nitrogens with one attached hydrogen (secondary N) is 1. The third-order valence-corrected chi connectivity index (χ3v) is 3.31. The molecule has 0 atom stereocenters. The van der Waals surface area contributed by atoms with Crippen molar-refractivity contribution in [1.82, 2.24) is 4.72 Å². The molecule has 4 nitrogen and oxygen atoms in total. The maximum Gasteiger partial charge on any atom is 0.263 e. The van der Waals surface area contributed by atoms with Crippen molar-refractivity contribution in [2.45, 2.75) is 4.90 Å². The number of hydrogen-bond acceptors (Lipinski definition) is 3. The molecule has 1 aromatic carbocycles. The van der Waals surface area contributed by atoms with Gasteiger partial charge >= 0.3 is 0 Å². The van der Waals surface area contributed by atoms with Gasteiger partial charge in [0.15, 0.2) is 0 Å². The summed E-state index contributed by atoms with van der Waals surface area (Å²) in [5, 5.41) is 8.60. The van der Waals surface area contributed by atoms with E-state index in [1.54, 1.807) is 24.3 Å². The van der Waals surface area contributed by atoms with E-state index in [0.29, 0.717) is 5.56 Å². The van der Waals surface area contributed by atoms with E-state index in [4.69, 9.17) is 5.26 Å². The first kappa shape index (κ1) is 8.78. The van der Waals surface area contributed by atoms with Gasteiger partial charge in [0.25, 0.3) is 10.0 Å². The highest BCUT2D eigenvalue weighted by molar-refractivity contribution is 7.89. The van der Waals surface area contributed by atoms with Crippen LogP contribution in [-0.4, -0.2) is 8.42 Å². The van der Waals surface area contributed by atoms with Crippen LogP contribution >= 0.6 is 0 Å². The first-order chi connectivity index (χ1) is 6.63. The molecule has 0 spiro atoms. The molecular formula is C9H6N2O2S. The summed E-state index contributed by atoms with van der Waals surface area (Å²) in [4.78, 5) is 0.207. The molecule has 0 radical (unpaired) electrons. The molecule has 0 unspecified atom stereocenters. The Labute approximate surface area is 81.5 Å². The molecule has 1 N–H and O–H groups in total. The Morgan fingerprint density at radius 1 is 1.29 bits per heavy atom. The van der Waals surface area contributed by atoms with Gasteiger partial charge in [0.1, 0.15) is 11.8 Å². The number of sulfonamides is 1. The largest absolute Gasteiger partial charge is 0.270 e. The van der Waals surface area contributed by atoms with Gasteiger partial charge in [-0.3, -0.25) is 4.72 Å². The molecular weight excluding hydrogens is 200 g/mol. The van der Waals surface area contributed by atoms with Crippen LogP contribution in [-0.2, 0) is 10.0 Å². The van der Waals surface area contributed by atoms with E-state index in [-0.39, 0.29) is 10.6 Å². The van der Waals surface area contributed by atoms with Crippen LogP contribution in [0.25, 0.3) is 6.08 Å². The summed E-state index contributed by atoms with van der Waals surface area (Å²) in [5.74, 6) is 0. The number of nitriles is 1. The number of rotatable bonds is 0. The minimum atomic E-state index is -3.54. The molecule has 0 fully saturated rings. The molecule has 2 rings (SSSR count). The number of hydrogen-bond donors (Lipinski definition) is 1. The van der Waals surface area contributed by atoms with Gasteiger partial charge in [-0.05, 0) is 17.7 Å². The fourth-order valence-electron chi connectivity index (χ4n) is 1.28. The summed E-state index contributed by atoms with van der Waals surface area (Å²) in [6.45, 7) is 0. The highest BCUT2D eigenvalue weighted by Gasteiger charge is 2.22. The maximum absolute atomic E-state index is 11.5. The highest BCUT2D eigenvalue weighted by atomic mass is 32.2. The van der Waals surface area contributed by atoms with Gasteiger partial charge in [-0.2, -0.15) is 5.26 Å². The van der Waals surface area contributed by atoms with E-state index in [1.165, 1.54) is 12.1 Å². The molecule has 1 aliphatic heterocycles. The van der Waals surface area contributed by atoms with Gasteiger partial charge in [0.2, 0.25) is 0 Å². The summed E-state index contributed by atoms with van der Waals surface area (Å²) >= 11 is 0. The van der Waals surface area contributed by atoms with Crippen molar-refractivity contribution in [1.29, 1.82) is 5.26 Å². The van der Waals surface area contributed by atoms with Gasteiger partial charge in [-0.25, -0.2) is 8.42 Å². The Morgan fingerprint density at radius 2 is 2.00 bits per heavy atom. The van der Waals surface area contributed by atoms with Crippen LogP contribution in [0.5, 0.6) is 0 Å². The molecule has 0 aromatic heterocycles. The first-order valence-electron chi connectivity index (χ1n) is 3.87. The Hall–Kier alpha value is -1.80. The van der Waals surface area contributed by atoms with Crippen LogP contribution in [0.3, 0.4) is 0 Å². The van der Waals surface area contributed by atoms with Crippen molar-refractivity contribution < 1.29 is 8.42 Å². The highest BCUT2D eigenvalue weighted by Crippen LogP contribution is 2.22. The molecule has 14 heavy (non-hydrogen) atoms. The van der Waals surface area contributed by atoms with Gasteiger partial charge in [0.05, 0.1) is 4.90 Å². The molecule has 1 aliphatic rings. The fraction of sp³-hybridized carbons (Fsp3) is 0. The Bertz CT molecular complexity index is 552. The zero-order chi connectivity index (χ0) is 10.2. The van der Waals surface area contributed by atoms with Gasteiger partial charge in [0, 0.05) is 0 Å². The first-order valence-corrected chi connectivity index (χ1v) is 5.35. The van der Waals surface area contributed by atoms with Crippen molar-refractivity contribution in [3.8, 4) is 6.07 Å². The van der Waals surface area contributed by atoms with Crippen LogP contribution < -0.4 is 4.72 Å². The van der Waals surface area contributed by atoms with Crippen molar-refractivity contribution in [3.05, 3.63) is 35.5 Å². The van der Waals surface area contributed by atoms with Crippen molar-refractivity contribution >= 4 is 16.1 Å². The molecule has 1 heterocycles. The van der Waals surface area contributed by atoms with Gasteiger partial charge < -0.3 is 0 Å². The minimum Gasteiger partial charge on any atom is -0.270 e. The lowest BCUT2D eigenvalue weighted by atomic mass is 10.2. The Morgan fingerprint density at radius 3 is 2.71 bits per heavy atom. The molecule has 5 heteroatoms. The third kappa shape index (κ3) is 1.26. The molecule has 0 aliphatic carbocycles. The van der Waals surface area contributed by atoms with E-state index in [1.807, 2.05) is 0 Å². The van der Waals surface area contributed by atoms with E-state index >= 15 is 0 Å². The summed E-state index contributed by atoms with van der Waals surface area (Å²) in [6.07, 6.45) is 1.51. The van der Waals surface area contributed by atoms with Crippen molar-refractivity contribution in [2.75, 3.05) is 0 Å². The predicted molar refractivity (Wildman–Crippen MR) is 50.4 cm³/mol. The fourth-order valence-corrected chi connectivity index (χ4v) is 2.48. The summed E-state index contributed by atoms with van der Waals surface area (Å²) in [5.41, 5.74) is 0.589. The zero-order valence-corrected chi connectivity index (χ0v) is 7.88. The predicted octanol–water partition coefficient (Wildman–Crippen LogP) is 0.843. The normalized spacial score (nSPS) is 17.2. The standard InChI is InChI=1S/C9H6N2O2S/c10-6-8-5-7-3-1-2-4-9(7)14(12,13)11-8/h1-5,11H. The Kier molecular flexibility index (Phi) is 1.79. The number of benzene rings is 1. The smallest absolute Gasteiger partial charge is 0.263 e. The van der Waals surface area contributed by atoms with Gasteiger partial charge in [-0.15, -0.1) is 0 Å². The molecule has 0 saturated heterocycles. The van der Waals surface area contributed by atoms with Crippen LogP contribution in [0, 0.1) is 11.3 Å². The SMILES string of the molecule is N#CC1=Cc2ccccc2S(=O)(=O)N1. The lowest BCUT2D eigenvalue weighted by Crippen LogP contribution is -2.26. The van der Waals surface area contributed by atoms with Crippen molar-refractivity contribution in [2.24, 2.45) is 0 Å². The van der Waals surface area contributed by atoms with Crippen LogP contribution in [0.1, 0.15) is 5.56 Å². The van der Waals surface area contributed by atoms with Crippen molar-refractivity contribution in [3.63, 3.8) is 0 Å². The number of allylic oxidation sites excluding steroid dienone is 1. The number of nitrogens with zero attached hydrogens (tertiary/aromatic N) is 1. The molecule has 0 amide bonds. The topological polar surface area (TPSA) is 70.0 Å². The molecule has 1 aromatic rings. The molecule has 70 valence electrons. The molecule has 0 bridgehead atoms. The van der Waals surface area contributed by atoms with Crippen LogP contribution in [0.2, 0.25) is 0 Å². The van der Waals surface area contributed by atoms with E-state index < -0.39 is 10.0 Å². The van der Waals surface area contributed by atoms with Gasteiger partial charge in [-0.1, -0.05) is 18.2 Å². The Balaban J connectivity index is 2.75. The second-order valence-corrected chi connectivity index (χ2v) is 4.46. The van der Waals surface area contributed by atoms with E-state index in [2.05, 4.69) is 4.72 Å². The van der Waals surface area contributed by atoms with Crippen LogP contribution in [0.4, 0.5) is 0 Å². The quantitative estimate of drug-likeness (QED) is 0.683. The lowest BCUT2D eigenvalue weighted by molar-refractivity contribution is 0.588. The summed E-state index contributed by atoms with van der Waals surface area (Å²) < 4.78 is 25.2. The average molecular weight is 206 g/mol. The lowest BCUT2D eigenvalue weighted by Gasteiger charge is -2.14. The maximum atomic E-state index is 11.5. The summed E-state index contributed by atoms with van der Waals surface area (Å²) in [6, 6.07) is 8.30. The average Bonchev–Trinajstić information content (AvgIpc) is 2.17. The number of fused-ring (bicyclic) bond motifs is 1. The second kappa shape index (κ2) is 2.86. The van der Waals surface area contributed by atoms with E-state index in [0.717, 1.165) is 0 Å². The van der Waals surface area contributed by atoms with Crippen LogP contribution in [0.15, 0.2) is 34.9 Å². The van der Waals surface area contributed by atoms with E-state index in [9.17, 15) is 8.42 Å². The molecule has 0 saturated carbocycles. The third-order valence-electron chi connectivity index (χ3n) is 1.87. The monoisotopic (exact) mass is 206 g/mol.